The molecule has 0 spiro atoms. The number of aryl methyl sites for hydroxylation is 3. The normalized spacial score (nSPS) is 11.0. The molecule has 0 unspecified atom stereocenters. The van der Waals surface area contributed by atoms with Crippen LogP contribution >= 0.6 is 0 Å². The van der Waals surface area contributed by atoms with Crippen LogP contribution in [0.25, 0.3) is 5.78 Å². The zero-order chi connectivity index (χ0) is 9.59. The number of fused-ring (bicyclic) bond motifs is 1. The smallest absolute Gasteiger partial charge is 0.252 e. The van der Waals surface area contributed by atoms with Crippen LogP contribution in [0.2, 0.25) is 0 Å². The molecule has 0 radical (unpaired) electrons. The van der Waals surface area contributed by atoms with Gasteiger partial charge in [0.1, 0.15) is 0 Å². The molecule has 68 valence electrons. The highest BCUT2D eigenvalue weighted by atomic mass is 15.4. The van der Waals surface area contributed by atoms with Gasteiger partial charge in [0.25, 0.3) is 5.78 Å². The summed E-state index contributed by atoms with van der Waals surface area (Å²) in [6.07, 6.45) is 0. The third-order valence-corrected chi connectivity index (χ3v) is 2.03. The van der Waals surface area contributed by atoms with E-state index in [1.54, 1.807) is 11.7 Å². The number of hydrogen-bond acceptors (Lipinski definition) is 3. The summed E-state index contributed by atoms with van der Waals surface area (Å²) in [7, 11) is 1.80. The van der Waals surface area contributed by atoms with Crippen LogP contribution in [0.3, 0.4) is 0 Å². The van der Waals surface area contributed by atoms with Gasteiger partial charge in [-0.2, -0.15) is 4.98 Å². The Labute approximate surface area is 75.2 Å². The van der Waals surface area contributed by atoms with Gasteiger partial charge in [-0.25, -0.2) is 14.2 Å². The van der Waals surface area contributed by atoms with Crippen molar-refractivity contribution in [3.8, 4) is 0 Å². The molecule has 0 aromatic carbocycles. The minimum absolute atomic E-state index is 0.223. The molecule has 5 nitrogen and oxygen atoms in total. The second-order valence-electron chi connectivity index (χ2n) is 3.11. The van der Waals surface area contributed by atoms with Crippen molar-refractivity contribution in [1.29, 1.82) is 5.41 Å². The maximum atomic E-state index is 7.51. The molecule has 0 fully saturated rings. The van der Waals surface area contributed by atoms with E-state index in [9.17, 15) is 0 Å². The first kappa shape index (κ1) is 7.97. The van der Waals surface area contributed by atoms with E-state index in [1.807, 2.05) is 24.4 Å². The Morgan fingerprint density at radius 2 is 2.00 bits per heavy atom. The maximum absolute atomic E-state index is 7.51. The molecule has 2 aromatic rings. The number of nitrogens with zero attached hydrogens (tertiary/aromatic N) is 4. The highest BCUT2D eigenvalue weighted by Crippen LogP contribution is 2.02. The van der Waals surface area contributed by atoms with Gasteiger partial charge in [0.05, 0.1) is 0 Å². The Bertz CT molecular complexity index is 519. The summed E-state index contributed by atoms with van der Waals surface area (Å²) in [5.74, 6) is 0.588. The molecule has 0 aliphatic rings. The zero-order valence-electron chi connectivity index (χ0n) is 7.87. The van der Waals surface area contributed by atoms with Crippen molar-refractivity contribution in [2.45, 2.75) is 13.8 Å². The van der Waals surface area contributed by atoms with Crippen molar-refractivity contribution in [2.24, 2.45) is 7.05 Å². The van der Waals surface area contributed by atoms with Gasteiger partial charge < -0.3 is 0 Å². The standard InChI is InChI=1S/C8H11N5/c1-5-4-6(2)13-8(10-5)11-7(9)12(13)3/h4,9H,1-3H3. The van der Waals surface area contributed by atoms with E-state index in [0.717, 1.165) is 11.4 Å². The lowest BCUT2D eigenvalue weighted by Crippen LogP contribution is -2.17. The summed E-state index contributed by atoms with van der Waals surface area (Å²) in [6, 6.07) is 1.97. The Morgan fingerprint density at radius 1 is 1.31 bits per heavy atom. The van der Waals surface area contributed by atoms with E-state index in [-0.39, 0.29) is 5.62 Å². The highest BCUT2D eigenvalue weighted by Gasteiger charge is 2.04. The summed E-state index contributed by atoms with van der Waals surface area (Å²) in [4.78, 5) is 8.24. The van der Waals surface area contributed by atoms with Crippen molar-refractivity contribution in [3.05, 3.63) is 23.1 Å². The van der Waals surface area contributed by atoms with Crippen LogP contribution in [0.15, 0.2) is 6.07 Å². The van der Waals surface area contributed by atoms with Crippen molar-refractivity contribution >= 4 is 5.78 Å². The molecular weight excluding hydrogens is 166 g/mol. The molecule has 0 bridgehead atoms. The lowest BCUT2D eigenvalue weighted by molar-refractivity contribution is 0.637. The van der Waals surface area contributed by atoms with Crippen LogP contribution in [-0.4, -0.2) is 19.2 Å². The van der Waals surface area contributed by atoms with Gasteiger partial charge in [-0.3, -0.25) is 5.41 Å². The van der Waals surface area contributed by atoms with E-state index in [1.165, 1.54) is 0 Å². The largest absolute Gasteiger partial charge is 0.266 e. The fourth-order valence-electron chi connectivity index (χ4n) is 1.46. The van der Waals surface area contributed by atoms with Gasteiger partial charge in [-0.1, -0.05) is 0 Å². The molecule has 0 atom stereocenters. The molecule has 5 heteroatoms. The minimum Gasteiger partial charge on any atom is -0.266 e. The van der Waals surface area contributed by atoms with E-state index >= 15 is 0 Å². The second kappa shape index (κ2) is 2.42. The summed E-state index contributed by atoms with van der Waals surface area (Å²) >= 11 is 0. The van der Waals surface area contributed by atoms with Crippen LogP contribution in [0, 0.1) is 19.3 Å². The molecule has 1 N–H and O–H groups in total. The second-order valence-corrected chi connectivity index (χ2v) is 3.11. The SMILES string of the molecule is Cc1cc(C)n2c(n1)nc(=N)n2C. The summed E-state index contributed by atoms with van der Waals surface area (Å²) in [5.41, 5.74) is 2.19. The Kier molecular flexibility index (Phi) is 1.48. The maximum Gasteiger partial charge on any atom is 0.252 e. The Hall–Kier alpha value is -1.65. The minimum atomic E-state index is 0.223. The zero-order valence-corrected chi connectivity index (χ0v) is 7.87. The van der Waals surface area contributed by atoms with Crippen molar-refractivity contribution in [1.82, 2.24) is 19.2 Å². The van der Waals surface area contributed by atoms with Crippen LogP contribution < -0.4 is 5.62 Å². The third-order valence-electron chi connectivity index (χ3n) is 2.03. The first-order valence-corrected chi connectivity index (χ1v) is 4.04. The van der Waals surface area contributed by atoms with Crippen molar-refractivity contribution in [3.63, 3.8) is 0 Å². The lowest BCUT2D eigenvalue weighted by Gasteiger charge is -2.02. The monoisotopic (exact) mass is 177 g/mol. The van der Waals surface area contributed by atoms with Gasteiger partial charge in [0.15, 0.2) is 0 Å². The molecule has 0 aliphatic heterocycles. The average Bonchev–Trinajstić information content (AvgIpc) is 2.27. The molecule has 2 heterocycles. The molecule has 0 saturated heterocycles. The number of nitrogens with one attached hydrogen (secondary N) is 1. The van der Waals surface area contributed by atoms with Gasteiger partial charge >= 0.3 is 0 Å². The van der Waals surface area contributed by atoms with Crippen LogP contribution in [0.4, 0.5) is 0 Å². The average molecular weight is 177 g/mol. The number of hydrogen-bond donors (Lipinski definition) is 1. The highest BCUT2D eigenvalue weighted by molar-refractivity contribution is 5.29. The molecule has 13 heavy (non-hydrogen) atoms. The molecular formula is C8H11N5. The van der Waals surface area contributed by atoms with Gasteiger partial charge in [0, 0.05) is 18.4 Å². The quantitative estimate of drug-likeness (QED) is 0.623. The van der Waals surface area contributed by atoms with Crippen molar-refractivity contribution < 1.29 is 0 Å². The summed E-state index contributed by atoms with van der Waals surface area (Å²) in [6.45, 7) is 3.90. The van der Waals surface area contributed by atoms with Gasteiger partial charge in [0.2, 0.25) is 5.62 Å². The van der Waals surface area contributed by atoms with Crippen LogP contribution in [0.5, 0.6) is 0 Å². The predicted molar refractivity (Wildman–Crippen MR) is 47.3 cm³/mol. The third kappa shape index (κ3) is 1.04. The molecule has 0 amide bonds. The summed E-state index contributed by atoms with van der Waals surface area (Å²) in [5, 5.41) is 7.51. The van der Waals surface area contributed by atoms with E-state index in [0.29, 0.717) is 5.78 Å². The van der Waals surface area contributed by atoms with E-state index in [4.69, 9.17) is 5.41 Å². The van der Waals surface area contributed by atoms with Crippen LogP contribution in [0.1, 0.15) is 11.4 Å². The first-order valence-electron chi connectivity index (χ1n) is 4.04. The van der Waals surface area contributed by atoms with E-state index in [2.05, 4.69) is 9.97 Å². The topological polar surface area (TPSA) is 59.0 Å². The number of aromatic nitrogens is 4. The summed E-state index contributed by atoms with van der Waals surface area (Å²) < 4.78 is 3.48. The van der Waals surface area contributed by atoms with Gasteiger partial charge in [-0.15, -0.1) is 0 Å². The van der Waals surface area contributed by atoms with Crippen LogP contribution in [-0.2, 0) is 7.05 Å². The molecule has 2 rings (SSSR count). The molecule has 0 saturated carbocycles. The predicted octanol–water partition coefficient (Wildman–Crippen LogP) is 0.164. The molecule has 0 aliphatic carbocycles. The Morgan fingerprint density at radius 3 is 2.69 bits per heavy atom. The Balaban J connectivity index is 3.03. The lowest BCUT2D eigenvalue weighted by atomic mass is 10.4. The van der Waals surface area contributed by atoms with Gasteiger partial charge in [-0.05, 0) is 19.9 Å². The number of rotatable bonds is 0. The van der Waals surface area contributed by atoms with E-state index < -0.39 is 0 Å². The first-order chi connectivity index (χ1) is 6.09. The molecule has 2 aromatic heterocycles. The fraction of sp³-hybridized carbons (Fsp3) is 0.375. The van der Waals surface area contributed by atoms with Crippen molar-refractivity contribution in [2.75, 3.05) is 0 Å². The fourth-order valence-corrected chi connectivity index (χ4v) is 1.46.